The molecule has 0 aliphatic rings. The van der Waals surface area contributed by atoms with Gasteiger partial charge in [-0.25, -0.2) is 4.57 Å². The Balaban J connectivity index is 1.51. The Labute approximate surface area is 227 Å². The van der Waals surface area contributed by atoms with Crippen molar-refractivity contribution in [2.24, 2.45) is 0 Å². The summed E-state index contributed by atoms with van der Waals surface area (Å²) < 4.78 is 30.3. The van der Waals surface area contributed by atoms with Gasteiger partial charge in [-0.2, -0.15) is 0 Å². The third-order valence-corrected chi connectivity index (χ3v) is 8.10. The largest absolute Gasteiger partial charge is 0.475 e. The van der Waals surface area contributed by atoms with E-state index in [2.05, 4.69) is 6.92 Å². The van der Waals surface area contributed by atoms with Crippen LogP contribution >= 0.6 is 7.82 Å². The Morgan fingerprint density at radius 2 is 0.838 bits per heavy atom. The zero-order valence-electron chi connectivity index (χ0n) is 23.3. The summed E-state index contributed by atoms with van der Waals surface area (Å²) in [5, 5.41) is 0. The fourth-order valence-corrected chi connectivity index (χ4v) is 5.58. The summed E-state index contributed by atoms with van der Waals surface area (Å²) in [5.74, 6) is 0. The van der Waals surface area contributed by atoms with Crippen LogP contribution in [0.2, 0.25) is 0 Å². The van der Waals surface area contributed by atoms with Gasteiger partial charge in [0.05, 0.1) is 19.8 Å². The smallest absolute Gasteiger partial charge is 0.287 e. The highest BCUT2D eigenvalue weighted by molar-refractivity contribution is 7.48. The number of hydrogen-bond donors (Lipinski definition) is 0. The second kappa shape index (κ2) is 21.5. The maximum atomic E-state index is 13.3. The van der Waals surface area contributed by atoms with Crippen molar-refractivity contribution in [1.82, 2.24) is 0 Å². The zero-order chi connectivity index (χ0) is 26.3. The van der Waals surface area contributed by atoms with E-state index < -0.39 is 7.82 Å². The highest BCUT2D eigenvalue weighted by Gasteiger charge is 2.26. The van der Waals surface area contributed by atoms with Crippen LogP contribution in [-0.2, 0) is 31.4 Å². The van der Waals surface area contributed by atoms with Gasteiger partial charge in [0, 0.05) is 0 Å². The van der Waals surface area contributed by atoms with Crippen molar-refractivity contribution in [3.63, 3.8) is 0 Å². The first-order valence-corrected chi connectivity index (χ1v) is 16.3. The second-order valence-corrected chi connectivity index (χ2v) is 11.8. The molecule has 0 heterocycles. The molecule has 0 saturated carbocycles. The van der Waals surface area contributed by atoms with Crippen LogP contribution in [0.4, 0.5) is 0 Å². The van der Waals surface area contributed by atoms with Gasteiger partial charge in [-0.3, -0.25) is 13.6 Å². The molecular formula is C32H51O4P. The van der Waals surface area contributed by atoms with Gasteiger partial charge in [0.15, 0.2) is 0 Å². The Hall–Kier alpha value is -1.45. The first-order valence-electron chi connectivity index (χ1n) is 14.8. The Bertz CT molecular complexity index is 765. The molecule has 0 aromatic heterocycles. The Kier molecular flexibility index (Phi) is 18.4. The highest BCUT2D eigenvalue weighted by atomic mass is 31.2. The van der Waals surface area contributed by atoms with Crippen LogP contribution in [0.15, 0.2) is 60.7 Å². The molecule has 5 heteroatoms. The standard InChI is InChI=1S/C32H51O4P/c1-2-3-4-5-6-7-8-9-10-11-12-13-14-15-16-23-28-34-37(33,35-29-31-24-19-17-20-25-31)36-30-32-26-21-18-22-27-32/h17-22,24-27H,2-16,23,28-30H2,1H3. The van der Waals surface area contributed by atoms with Crippen molar-refractivity contribution < 1.29 is 18.1 Å². The monoisotopic (exact) mass is 530 g/mol. The number of phosphoric ester groups is 1. The minimum absolute atomic E-state index is 0.200. The predicted octanol–water partition coefficient (Wildman–Crippen LogP) is 10.8. The lowest BCUT2D eigenvalue weighted by Gasteiger charge is -2.18. The van der Waals surface area contributed by atoms with E-state index in [1.54, 1.807) is 0 Å². The average molecular weight is 531 g/mol. The summed E-state index contributed by atoms with van der Waals surface area (Å²) in [6, 6.07) is 19.4. The Morgan fingerprint density at radius 1 is 0.486 bits per heavy atom. The normalized spacial score (nSPS) is 11.7. The van der Waals surface area contributed by atoms with Crippen LogP contribution in [0.5, 0.6) is 0 Å². The fourth-order valence-electron chi connectivity index (χ4n) is 4.39. The van der Waals surface area contributed by atoms with E-state index in [4.69, 9.17) is 13.6 Å². The van der Waals surface area contributed by atoms with Crippen molar-refractivity contribution in [1.29, 1.82) is 0 Å². The number of benzene rings is 2. The van der Waals surface area contributed by atoms with Gasteiger partial charge in [0.1, 0.15) is 0 Å². The van der Waals surface area contributed by atoms with Crippen molar-refractivity contribution in [3.05, 3.63) is 71.8 Å². The molecule has 0 N–H and O–H groups in total. The first-order chi connectivity index (χ1) is 18.2. The van der Waals surface area contributed by atoms with Gasteiger partial charge in [-0.15, -0.1) is 0 Å². The van der Waals surface area contributed by atoms with Crippen molar-refractivity contribution in [2.75, 3.05) is 6.61 Å². The maximum Gasteiger partial charge on any atom is 0.475 e. The lowest BCUT2D eigenvalue weighted by molar-refractivity contribution is 0.101. The number of hydrogen-bond acceptors (Lipinski definition) is 4. The van der Waals surface area contributed by atoms with Crippen molar-refractivity contribution >= 4 is 7.82 Å². The maximum absolute atomic E-state index is 13.3. The summed E-state index contributed by atoms with van der Waals surface area (Å²) in [6.45, 7) is 3.07. The van der Waals surface area contributed by atoms with Gasteiger partial charge >= 0.3 is 7.82 Å². The number of unbranched alkanes of at least 4 members (excludes halogenated alkanes) is 15. The van der Waals surface area contributed by atoms with E-state index in [0.717, 1.165) is 24.0 Å². The molecule has 0 atom stereocenters. The fraction of sp³-hybridized carbons (Fsp3) is 0.625. The topological polar surface area (TPSA) is 44.8 Å². The summed E-state index contributed by atoms with van der Waals surface area (Å²) in [4.78, 5) is 0. The van der Waals surface area contributed by atoms with Crippen LogP contribution in [0, 0.1) is 0 Å². The van der Waals surface area contributed by atoms with Crippen LogP contribution in [-0.4, -0.2) is 6.61 Å². The molecule has 0 amide bonds. The summed E-state index contributed by atoms with van der Waals surface area (Å²) in [7, 11) is -3.64. The molecule has 0 unspecified atom stereocenters. The third kappa shape index (κ3) is 16.9. The molecule has 0 bridgehead atoms. The predicted molar refractivity (Wildman–Crippen MR) is 156 cm³/mol. The zero-order valence-corrected chi connectivity index (χ0v) is 24.2. The van der Waals surface area contributed by atoms with E-state index in [1.165, 1.54) is 89.9 Å². The van der Waals surface area contributed by atoms with Gasteiger partial charge in [-0.05, 0) is 17.5 Å². The van der Waals surface area contributed by atoms with Crippen LogP contribution in [0.1, 0.15) is 121 Å². The molecule has 2 rings (SSSR count). The molecule has 0 aliphatic heterocycles. The molecule has 2 aromatic carbocycles. The molecule has 0 radical (unpaired) electrons. The van der Waals surface area contributed by atoms with E-state index in [0.29, 0.717) is 6.61 Å². The lowest BCUT2D eigenvalue weighted by Crippen LogP contribution is -2.03. The minimum Gasteiger partial charge on any atom is -0.287 e. The molecule has 0 aliphatic carbocycles. The average Bonchev–Trinajstić information content (AvgIpc) is 2.94. The van der Waals surface area contributed by atoms with Gasteiger partial charge in [0.2, 0.25) is 0 Å². The first kappa shape index (κ1) is 31.8. The molecule has 0 spiro atoms. The van der Waals surface area contributed by atoms with Gasteiger partial charge in [0.25, 0.3) is 0 Å². The summed E-state index contributed by atoms with van der Waals surface area (Å²) in [5.41, 5.74) is 1.88. The van der Waals surface area contributed by atoms with Crippen LogP contribution < -0.4 is 0 Å². The summed E-state index contributed by atoms with van der Waals surface area (Å²) >= 11 is 0. The Morgan fingerprint density at radius 3 is 1.22 bits per heavy atom. The molecule has 4 nitrogen and oxygen atoms in total. The molecule has 0 fully saturated rings. The van der Waals surface area contributed by atoms with Gasteiger partial charge < -0.3 is 0 Å². The van der Waals surface area contributed by atoms with E-state index in [9.17, 15) is 4.57 Å². The van der Waals surface area contributed by atoms with E-state index in [1.807, 2.05) is 60.7 Å². The molecule has 2 aromatic rings. The third-order valence-electron chi connectivity index (χ3n) is 6.71. The van der Waals surface area contributed by atoms with Crippen molar-refractivity contribution in [2.45, 2.75) is 123 Å². The molecule has 37 heavy (non-hydrogen) atoms. The van der Waals surface area contributed by atoms with Crippen LogP contribution in [0.25, 0.3) is 0 Å². The number of rotatable bonds is 24. The molecular weight excluding hydrogens is 479 g/mol. The SMILES string of the molecule is CCCCCCCCCCCCCCCCCCOP(=O)(OCc1ccccc1)OCc1ccccc1. The van der Waals surface area contributed by atoms with E-state index in [-0.39, 0.29) is 13.2 Å². The number of phosphoric acid groups is 1. The van der Waals surface area contributed by atoms with E-state index >= 15 is 0 Å². The molecule has 0 saturated heterocycles. The quantitative estimate of drug-likeness (QED) is 0.1000. The summed E-state index contributed by atoms with van der Waals surface area (Å²) in [6.07, 6.45) is 21.1. The van der Waals surface area contributed by atoms with Gasteiger partial charge in [-0.1, -0.05) is 164 Å². The highest BCUT2D eigenvalue weighted by Crippen LogP contribution is 2.51. The van der Waals surface area contributed by atoms with Crippen LogP contribution in [0.3, 0.4) is 0 Å². The second-order valence-electron chi connectivity index (χ2n) is 10.1. The molecule has 208 valence electrons. The minimum atomic E-state index is -3.64. The lowest BCUT2D eigenvalue weighted by atomic mass is 10.0. The van der Waals surface area contributed by atoms with Crippen molar-refractivity contribution in [3.8, 4) is 0 Å².